The molecule has 2 nitrogen and oxygen atoms in total. The van der Waals surface area contributed by atoms with E-state index in [4.69, 9.17) is 5.26 Å². The Kier molecular flexibility index (Phi) is 4.08. The van der Waals surface area contributed by atoms with Gasteiger partial charge in [-0.1, -0.05) is 32.1 Å². The molecular weight excluding hydrogens is 253 g/mol. The minimum absolute atomic E-state index is 0.263. The van der Waals surface area contributed by atoms with Gasteiger partial charge in [0.1, 0.15) is 11.8 Å². The van der Waals surface area contributed by atoms with Crippen LogP contribution in [-0.2, 0) is 12.6 Å². The van der Waals surface area contributed by atoms with Crippen LogP contribution in [0.25, 0.3) is 0 Å². The second-order valence-electron chi connectivity index (χ2n) is 5.01. The number of nitriles is 1. The van der Waals surface area contributed by atoms with E-state index in [1.54, 1.807) is 0 Å². The Morgan fingerprint density at radius 3 is 2.47 bits per heavy atom. The zero-order valence-electron chi connectivity index (χ0n) is 10.5. The highest BCUT2D eigenvalue weighted by atomic mass is 19.4. The summed E-state index contributed by atoms with van der Waals surface area (Å²) in [5.41, 5.74) is -0.347. The molecular formula is C14H15F3N2. The first-order valence-corrected chi connectivity index (χ1v) is 6.48. The molecule has 0 aromatic carbocycles. The van der Waals surface area contributed by atoms with Gasteiger partial charge >= 0.3 is 6.18 Å². The Morgan fingerprint density at radius 2 is 1.89 bits per heavy atom. The van der Waals surface area contributed by atoms with E-state index in [2.05, 4.69) is 4.98 Å². The zero-order chi connectivity index (χ0) is 13.9. The second kappa shape index (κ2) is 5.60. The van der Waals surface area contributed by atoms with Crippen LogP contribution in [0.15, 0.2) is 12.1 Å². The normalized spacial score (nSPS) is 17.2. The first kappa shape index (κ1) is 13.9. The van der Waals surface area contributed by atoms with Gasteiger partial charge in [0, 0.05) is 0 Å². The lowest BCUT2D eigenvalue weighted by atomic mass is 9.85. The lowest BCUT2D eigenvalue weighted by Gasteiger charge is -2.21. The Bertz CT molecular complexity index is 482. The molecule has 0 spiro atoms. The molecule has 1 heterocycles. The van der Waals surface area contributed by atoms with Crippen molar-refractivity contribution in [2.75, 3.05) is 0 Å². The Balaban J connectivity index is 2.23. The van der Waals surface area contributed by atoms with E-state index in [0.717, 1.165) is 31.7 Å². The second-order valence-corrected chi connectivity index (χ2v) is 5.01. The molecule has 0 saturated heterocycles. The summed E-state index contributed by atoms with van der Waals surface area (Å²) in [4.78, 5) is 3.66. The van der Waals surface area contributed by atoms with Gasteiger partial charge in [-0.05, 0) is 24.5 Å². The topological polar surface area (TPSA) is 36.7 Å². The van der Waals surface area contributed by atoms with E-state index < -0.39 is 11.9 Å². The van der Waals surface area contributed by atoms with E-state index in [1.807, 2.05) is 6.07 Å². The van der Waals surface area contributed by atoms with Gasteiger partial charge in [-0.15, -0.1) is 0 Å². The van der Waals surface area contributed by atoms with E-state index in [9.17, 15) is 13.2 Å². The van der Waals surface area contributed by atoms with Crippen LogP contribution in [0.3, 0.4) is 0 Å². The van der Waals surface area contributed by atoms with Crippen molar-refractivity contribution in [2.45, 2.75) is 44.7 Å². The highest BCUT2D eigenvalue weighted by Gasteiger charge is 2.33. The van der Waals surface area contributed by atoms with Crippen molar-refractivity contribution in [1.29, 1.82) is 5.26 Å². The summed E-state index contributed by atoms with van der Waals surface area (Å²) in [6, 6.07) is 4.04. The van der Waals surface area contributed by atoms with Gasteiger partial charge in [0.2, 0.25) is 0 Å². The lowest BCUT2D eigenvalue weighted by molar-refractivity contribution is -0.141. The van der Waals surface area contributed by atoms with Crippen molar-refractivity contribution < 1.29 is 13.2 Å². The van der Waals surface area contributed by atoms with Crippen molar-refractivity contribution >= 4 is 0 Å². The molecule has 1 saturated carbocycles. The third kappa shape index (κ3) is 3.46. The highest BCUT2D eigenvalue weighted by Crippen LogP contribution is 2.31. The van der Waals surface area contributed by atoms with Crippen LogP contribution in [0.2, 0.25) is 0 Å². The lowest BCUT2D eigenvalue weighted by Crippen LogP contribution is -2.15. The number of alkyl halides is 3. The molecule has 1 aromatic heterocycles. The largest absolute Gasteiger partial charge is 0.433 e. The standard InChI is InChI=1S/C14H15F3N2/c15-14(16,17)13-7-6-11(9-18)12(19-13)8-10-4-2-1-3-5-10/h6-7,10H,1-5,8H2. The van der Waals surface area contributed by atoms with Crippen LogP contribution >= 0.6 is 0 Å². The summed E-state index contributed by atoms with van der Waals surface area (Å²) in [5.74, 6) is 0.358. The quantitative estimate of drug-likeness (QED) is 0.809. The fraction of sp³-hybridized carbons (Fsp3) is 0.571. The molecule has 1 aliphatic carbocycles. The number of rotatable bonds is 2. The molecule has 0 bridgehead atoms. The van der Waals surface area contributed by atoms with Gasteiger partial charge in [0.15, 0.2) is 0 Å². The fourth-order valence-electron chi connectivity index (χ4n) is 2.58. The van der Waals surface area contributed by atoms with E-state index in [1.165, 1.54) is 12.5 Å². The maximum atomic E-state index is 12.6. The van der Waals surface area contributed by atoms with Gasteiger partial charge in [-0.3, -0.25) is 0 Å². The summed E-state index contributed by atoms with van der Waals surface area (Å²) in [6.45, 7) is 0. The number of pyridine rings is 1. The maximum absolute atomic E-state index is 12.6. The van der Waals surface area contributed by atoms with Gasteiger partial charge in [0.05, 0.1) is 11.3 Å². The molecule has 0 atom stereocenters. The average Bonchev–Trinajstić information content (AvgIpc) is 2.39. The van der Waals surface area contributed by atoms with Crippen molar-refractivity contribution in [2.24, 2.45) is 5.92 Å². The summed E-state index contributed by atoms with van der Waals surface area (Å²) >= 11 is 0. The van der Waals surface area contributed by atoms with Crippen LogP contribution < -0.4 is 0 Å². The average molecular weight is 268 g/mol. The summed E-state index contributed by atoms with van der Waals surface area (Å²) in [5, 5.41) is 8.97. The van der Waals surface area contributed by atoms with E-state index in [-0.39, 0.29) is 5.56 Å². The predicted octanol–water partition coefficient (Wildman–Crippen LogP) is 4.09. The smallest absolute Gasteiger partial charge is 0.247 e. The molecule has 2 rings (SSSR count). The Morgan fingerprint density at radius 1 is 1.21 bits per heavy atom. The minimum atomic E-state index is -4.45. The molecule has 1 aromatic rings. The molecule has 19 heavy (non-hydrogen) atoms. The number of aromatic nitrogens is 1. The molecule has 0 amide bonds. The first-order chi connectivity index (χ1) is 9.00. The fourth-order valence-corrected chi connectivity index (χ4v) is 2.58. The number of nitrogens with zero attached hydrogens (tertiary/aromatic N) is 2. The maximum Gasteiger partial charge on any atom is 0.433 e. The van der Waals surface area contributed by atoms with Crippen LogP contribution in [0.4, 0.5) is 13.2 Å². The first-order valence-electron chi connectivity index (χ1n) is 6.48. The monoisotopic (exact) mass is 268 g/mol. The molecule has 0 radical (unpaired) electrons. The molecule has 0 aliphatic heterocycles. The van der Waals surface area contributed by atoms with Crippen LogP contribution in [-0.4, -0.2) is 4.98 Å². The van der Waals surface area contributed by atoms with Gasteiger partial charge in [0.25, 0.3) is 0 Å². The van der Waals surface area contributed by atoms with Gasteiger partial charge in [-0.25, -0.2) is 4.98 Å². The Labute approximate surface area is 110 Å². The predicted molar refractivity (Wildman–Crippen MR) is 64.2 cm³/mol. The zero-order valence-corrected chi connectivity index (χ0v) is 10.5. The number of hydrogen-bond donors (Lipinski definition) is 0. The van der Waals surface area contributed by atoms with Gasteiger partial charge in [-0.2, -0.15) is 18.4 Å². The molecule has 0 N–H and O–H groups in total. The Hall–Kier alpha value is -1.57. The van der Waals surface area contributed by atoms with E-state index >= 15 is 0 Å². The van der Waals surface area contributed by atoms with Crippen molar-refractivity contribution in [3.63, 3.8) is 0 Å². The highest BCUT2D eigenvalue weighted by molar-refractivity contribution is 5.35. The third-order valence-corrected chi connectivity index (χ3v) is 3.59. The van der Waals surface area contributed by atoms with E-state index in [0.29, 0.717) is 18.0 Å². The molecule has 0 unspecified atom stereocenters. The molecule has 5 heteroatoms. The van der Waals surface area contributed by atoms with Crippen molar-refractivity contribution in [3.8, 4) is 6.07 Å². The number of hydrogen-bond acceptors (Lipinski definition) is 2. The number of halogens is 3. The molecule has 1 fully saturated rings. The van der Waals surface area contributed by atoms with Gasteiger partial charge < -0.3 is 0 Å². The molecule has 1 aliphatic rings. The summed E-state index contributed by atoms with van der Waals surface area (Å²) in [7, 11) is 0. The van der Waals surface area contributed by atoms with Crippen molar-refractivity contribution in [3.05, 3.63) is 29.1 Å². The minimum Gasteiger partial charge on any atom is -0.247 e. The van der Waals surface area contributed by atoms with Crippen LogP contribution in [0.5, 0.6) is 0 Å². The van der Waals surface area contributed by atoms with Crippen LogP contribution in [0.1, 0.15) is 49.1 Å². The van der Waals surface area contributed by atoms with Crippen LogP contribution in [0, 0.1) is 17.2 Å². The SMILES string of the molecule is N#Cc1ccc(C(F)(F)F)nc1CC1CCCCC1. The molecule has 102 valence electrons. The summed E-state index contributed by atoms with van der Waals surface area (Å²) in [6.07, 6.45) is 1.49. The summed E-state index contributed by atoms with van der Waals surface area (Å²) < 4.78 is 37.9. The van der Waals surface area contributed by atoms with Crippen molar-refractivity contribution in [1.82, 2.24) is 4.98 Å². The third-order valence-electron chi connectivity index (χ3n) is 3.59.